The second-order valence-electron chi connectivity index (χ2n) is 6.10. The zero-order valence-corrected chi connectivity index (χ0v) is 16.3. The van der Waals surface area contributed by atoms with E-state index >= 15 is 0 Å². The van der Waals surface area contributed by atoms with E-state index in [0.29, 0.717) is 0 Å². The van der Waals surface area contributed by atoms with Crippen molar-refractivity contribution < 1.29 is 83.4 Å². The quantitative estimate of drug-likeness (QED) is 0.130. The highest BCUT2D eigenvalue weighted by Crippen LogP contribution is 2.61. The lowest BCUT2D eigenvalue weighted by Gasteiger charge is -2.41. The molecule has 0 amide bonds. The average Bonchev–Trinajstić information content (AvgIpc) is 2.51. The minimum Gasteiger partial charge on any atom is -0.200 e. The predicted molar refractivity (Wildman–Crippen MR) is 73.8 cm³/mol. The number of hydrogen-bond donors (Lipinski definition) is 0. The monoisotopic (exact) mass is 638 g/mol. The van der Waals surface area contributed by atoms with E-state index in [1.54, 1.807) is 0 Å². The molecule has 0 aromatic heterocycles. The Morgan fingerprint density at radius 1 is 0.375 bits per heavy atom. The van der Waals surface area contributed by atoms with Gasteiger partial charge in [0, 0.05) is 10.8 Å². The molecule has 0 aliphatic rings. The minimum absolute atomic E-state index is 0.819. The maximum Gasteiger partial charge on any atom is 0.460 e. The van der Waals surface area contributed by atoms with E-state index in [2.05, 4.69) is 0 Å². The molecule has 0 spiro atoms. The van der Waals surface area contributed by atoms with Crippen LogP contribution in [0.1, 0.15) is 12.8 Å². The van der Waals surface area contributed by atoms with Crippen LogP contribution in [-0.2, 0) is 0 Å². The number of hydrogen-bond acceptors (Lipinski definition) is 0. The minimum atomic E-state index is -8.08. The fraction of sp³-hybridized carbons (Fsp3) is 1.00. The van der Waals surface area contributed by atoms with Gasteiger partial charge in [-0.15, -0.1) is 0 Å². The molecular weight excluding hydrogens is 632 g/mol. The Kier molecular flexibility index (Phi) is 8.11. The van der Waals surface area contributed by atoms with E-state index in [-0.39, 0.29) is 0 Å². The van der Waals surface area contributed by atoms with Crippen molar-refractivity contribution in [2.24, 2.45) is 0 Å². The van der Waals surface area contributed by atoms with Crippen LogP contribution in [-0.4, -0.2) is 58.0 Å². The van der Waals surface area contributed by atoms with Gasteiger partial charge in [-0.2, -0.15) is 83.4 Å². The molecule has 0 bridgehead atoms. The van der Waals surface area contributed by atoms with E-state index in [1.807, 2.05) is 0 Å². The summed E-state index contributed by atoms with van der Waals surface area (Å²) in [6.07, 6.45) is -15.0. The highest BCUT2D eigenvalue weighted by Gasteiger charge is 2.89. The van der Waals surface area contributed by atoms with Gasteiger partial charge in [0.15, 0.2) is 0 Å². The molecule has 194 valence electrons. The third-order valence-corrected chi connectivity index (χ3v) is 4.31. The van der Waals surface area contributed by atoms with Gasteiger partial charge in [0.1, 0.15) is 0 Å². The molecule has 0 aliphatic carbocycles. The van der Waals surface area contributed by atoms with Crippen molar-refractivity contribution in [3.63, 3.8) is 0 Å². The highest BCUT2D eigenvalue weighted by atomic mass is 127. The first-order valence-electron chi connectivity index (χ1n) is 7.17. The summed E-state index contributed by atoms with van der Waals surface area (Å²) in [5.74, 6) is -60.9. The smallest absolute Gasteiger partial charge is 0.200 e. The summed E-state index contributed by atoms with van der Waals surface area (Å²) in [6, 6.07) is 0. The van der Waals surface area contributed by atoms with E-state index in [1.165, 1.54) is 0 Å². The normalized spacial score (nSPS) is 16.5. The zero-order chi connectivity index (χ0) is 26.6. The molecule has 20 heteroatoms. The molecule has 0 aromatic rings. The lowest BCUT2D eigenvalue weighted by Crippen LogP contribution is -2.69. The summed E-state index contributed by atoms with van der Waals surface area (Å²) in [6.45, 7) is 0. The number of alkyl halides is 20. The van der Waals surface area contributed by atoms with Gasteiger partial charge >= 0.3 is 53.6 Å². The van der Waals surface area contributed by atoms with Gasteiger partial charge in [-0.1, -0.05) is 22.6 Å². The molecule has 0 rings (SSSR count). The van der Waals surface area contributed by atoms with Crippen molar-refractivity contribution in [1.82, 2.24) is 0 Å². The average molecular weight is 638 g/mol. The van der Waals surface area contributed by atoms with Crippen LogP contribution in [0.3, 0.4) is 0 Å². The van der Waals surface area contributed by atoms with Crippen LogP contribution >= 0.6 is 22.6 Å². The Morgan fingerprint density at radius 3 is 0.938 bits per heavy atom. The van der Waals surface area contributed by atoms with Gasteiger partial charge in [-0.05, 0) is 0 Å². The van der Waals surface area contributed by atoms with Gasteiger partial charge in [-0.25, -0.2) is 0 Å². The third kappa shape index (κ3) is 4.52. The molecule has 0 heterocycles. The summed E-state index contributed by atoms with van der Waals surface area (Å²) in [4.78, 5) is 0. The lowest BCUT2D eigenvalue weighted by molar-refractivity contribution is -0.423. The highest BCUT2D eigenvalue weighted by molar-refractivity contribution is 14.1. The molecule has 0 aliphatic heterocycles. The van der Waals surface area contributed by atoms with Crippen LogP contribution in [0.15, 0.2) is 0 Å². The van der Waals surface area contributed by atoms with Crippen molar-refractivity contribution in [3.05, 3.63) is 0 Å². The summed E-state index contributed by atoms with van der Waals surface area (Å²) >= 11 is 0.819. The number of rotatable bonds is 10. The van der Waals surface area contributed by atoms with Crippen molar-refractivity contribution >= 4 is 22.6 Å². The van der Waals surface area contributed by atoms with Crippen molar-refractivity contribution in [2.45, 2.75) is 66.4 Å². The van der Waals surface area contributed by atoms with Crippen LogP contribution in [0.2, 0.25) is 0 Å². The van der Waals surface area contributed by atoms with Gasteiger partial charge in [0.05, 0.1) is 6.42 Å². The van der Waals surface area contributed by atoms with Crippen LogP contribution in [0.25, 0.3) is 0 Å². The Morgan fingerprint density at radius 2 is 0.656 bits per heavy atom. The fourth-order valence-corrected chi connectivity index (χ4v) is 2.52. The molecule has 0 radical (unpaired) electrons. The lowest BCUT2D eigenvalue weighted by atomic mass is 9.88. The van der Waals surface area contributed by atoms with Crippen LogP contribution in [0, 0.1) is 0 Å². The summed E-state index contributed by atoms with van der Waals surface area (Å²) < 4.78 is 245. The van der Waals surface area contributed by atoms with Gasteiger partial charge in [-0.3, -0.25) is 0 Å². The van der Waals surface area contributed by atoms with Crippen molar-refractivity contribution in [2.75, 3.05) is 4.43 Å². The topological polar surface area (TPSA) is 0 Å². The van der Waals surface area contributed by atoms with E-state index in [9.17, 15) is 83.4 Å². The predicted octanol–water partition coefficient (Wildman–Crippen LogP) is 7.85. The van der Waals surface area contributed by atoms with Crippen molar-refractivity contribution in [1.29, 1.82) is 0 Å². The Labute approximate surface area is 177 Å². The van der Waals surface area contributed by atoms with Gasteiger partial charge < -0.3 is 0 Å². The first kappa shape index (κ1) is 31.4. The zero-order valence-electron chi connectivity index (χ0n) is 14.2. The molecule has 0 N–H and O–H groups in total. The Hall–Kier alpha value is -0.600. The molecule has 0 saturated heterocycles. The van der Waals surface area contributed by atoms with E-state index in [4.69, 9.17) is 0 Å². The first-order valence-corrected chi connectivity index (χ1v) is 8.69. The van der Waals surface area contributed by atoms with E-state index < -0.39 is 70.8 Å². The Balaban J connectivity index is 6.46. The summed E-state index contributed by atoms with van der Waals surface area (Å²) in [5, 5.41) is 0. The molecule has 0 unspecified atom stereocenters. The molecular formula is C12H6F19I. The molecule has 0 nitrogen and oxygen atoms in total. The summed E-state index contributed by atoms with van der Waals surface area (Å²) in [5.41, 5.74) is 0. The molecule has 0 saturated carbocycles. The van der Waals surface area contributed by atoms with Gasteiger partial charge in [0.25, 0.3) is 0 Å². The second-order valence-corrected chi connectivity index (χ2v) is 7.18. The largest absolute Gasteiger partial charge is 0.460 e. The second kappa shape index (κ2) is 8.26. The molecule has 0 aromatic carbocycles. The molecule has 0 fully saturated rings. The third-order valence-electron chi connectivity index (χ3n) is 3.77. The Bertz CT molecular complexity index is 660. The van der Waals surface area contributed by atoms with Crippen LogP contribution in [0.5, 0.6) is 0 Å². The van der Waals surface area contributed by atoms with Crippen molar-refractivity contribution in [3.8, 4) is 0 Å². The molecule has 32 heavy (non-hydrogen) atoms. The van der Waals surface area contributed by atoms with Crippen LogP contribution < -0.4 is 0 Å². The SMILES string of the molecule is FC(F)(F)C(F)(F)C(F)(F)C(F)(F)CC(F)(F)C(F)(F)C(F)(F)C(F)(F)C(F)(F)CCI. The van der Waals surface area contributed by atoms with Gasteiger partial charge in [0.2, 0.25) is 0 Å². The fourth-order valence-electron chi connectivity index (χ4n) is 1.84. The maximum absolute atomic E-state index is 13.4. The molecule has 0 atom stereocenters. The van der Waals surface area contributed by atoms with E-state index in [0.717, 1.165) is 22.6 Å². The standard InChI is InChI=1S/C12H6F19I/c13-4(14,1-2-32)7(19,20)10(25,26)8(21,22)5(15,16)3-6(17,18)9(23,24)11(27,28)12(29,30)31/h1-3H2. The first-order chi connectivity index (χ1) is 13.5. The van der Waals surface area contributed by atoms with Crippen LogP contribution in [0.4, 0.5) is 83.4 Å². The maximum atomic E-state index is 13.4. The summed E-state index contributed by atoms with van der Waals surface area (Å²) in [7, 11) is 0. The number of halogens is 20.